The maximum absolute atomic E-state index is 15.6. The van der Waals surface area contributed by atoms with Crippen LogP contribution in [0.1, 0.15) is 132 Å². The minimum absolute atomic E-state index is 0.0241. The van der Waals surface area contributed by atoms with Crippen molar-refractivity contribution >= 4 is 93.0 Å². The van der Waals surface area contributed by atoms with E-state index in [-0.39, 0.29) is 79.6 Å². The highest BCUT2D eigenvalue weighted by atomic mass is 33.1. The third kappa shape index (κ3) is 17.6. The number of nitrogens with one attached hydrogen (secondary N) is 4. The number of likely N-dealkylation sites (tertiary alicyclic amines) is 1. The molecule has 2 aliphatic heterocycles. The number of hydrogen-bond acceptors (Lipinski definition) is 17. The third-order valence-electron chi connectivity index (χ3n) is 15.4. The molecular formula is C62H77F2N9O12S4. The first-order valence-corrected chi connectivity index (χ1v) is 35.5. The zero-order valence-electron chi connectivity index (χ0n) is 51.4. The number of rotatable bonds is 26. The van der Waals surface area contributed by atoms with Gasteiger partial charge in [-0.3, -0.25) is 24.0 Å². The Labute approximate surface area is 524 Å². The van der Waals surface area contributed by atoms with Crippen molar-refractivity contribution < 1.29 is 59.1 Å². The lowest BCUT2D eigenvalue weighted by atomic mass is 9.85. The molecule has 4 amide bonds. The number of unbranched alkanes of at least 4 members (excludes halogenated alkanes) is 7. The van der Waals surface area contributed by atoms with E-state index in [9.17, 15) is 50.0 Å². The Morgan fingerprint density at radius 3 is 2.22 bits per heavy atom. The number of benzene rings is 2. The number of aromatic nitrogens is 4. The van der Waals surface area contributed by atoms with Gasteiger partial charge >= 0.3 is 6.16 Å². The fraction of sp³-hybridized carbons (Fsp3) is 0.484. The highest BCUT2D eigenvalue weighted by Crippen LogP contribution is 2.45. The summed E-state index contributed by atoms with van der Waals surface area (Å²) in [6.07, 6.45) is 10.4. The second-order valence-electron chi connectivity index (χ2n) is 24.6. The third-order valence-corrected chi connectivity index (χ3v) is 20.4. The average molecular weight is 1310 g/mol. The normalized spacial score (nSPS) is 15.5. The van der Waals surface area contributed by atoms with Gasteiger partial charge in [-0.25, -0.2) is 40.4 Å². The Balaban J connectivity index is 0.825. The van der Waals surface area contributed by atoms with Crippen LogP contribution in [-0.4, -0.2) is 126 Å². The number of pyridine rings is 2. The molecule has 89 heavy (non-hydrogen) atoms. The van der Waals surface area contributed by atoms with Crippen molar-refractivity contribution in [3.63, 3.8) is 0 Å². The monoisotopic (exact) mass is 1310 g/mol. The van der Waals surface area contributed by atoms with Crippen LogP contribution >= 0.6 is 22.1 Å². The average Bonchev–Trinajstić information content (AvgIpc) is 1.64. The molecule has 1 saturated heterocycles. The number of amides is 4. The molecule has 4 N–H and O–H groups in total. The number of ether oxygens (including phenoxy) is 2. The molecule has 0 saturated carbocycles. The van der Waals surface area contributed by atoms with E-state index in [2.05, 4.69) is 30.9 Å². The van der Waals surface area contributed by atoms with E-state index in [0.717, 1.165) is 78.9 Å². The van der Waals surface area contributed by atoms with Crippen molar-refractivity contribution in [2.75, 3.05) is 37.1 Å². The second-order valence-corrected chi connectivity index (χ2v) is 32.6. The molecule has 3 unspecified atom stereocenters. The molecule has 6 aromatic rings. The van der Waals surface area contributed by atoms with Crippen LogP contribution in [0.15, 0.2) is 71.4 Å². The quantitative estimate of drug-likeness (QED) is 0.0223. The summed E-state index contributed by atoms with van der Waals surface area (Å²) in [5, 5.41) is 9.34. The van der Waals surface area contributed by atoms with Crippen molar-refractivity contribution in [3.05, 3.63) is 117 Å². The molecular weight excluding hydrogens is 1230 g/mol. The number of H-pyrrole nitrogens is 1. The van der Waals surface area contributed by atoms with Crippen LogP contribution in [0.2, 0.25) is 0 Å². The lowest BCUT2D eigenvalue weighted by Gasteiger charge is -2.35. The van der Waals surface area contributed by atoms with Gasteiger partial charge in [-0.15, -0.1) is 11.3 Å². The number of thiazole rings is 1. The summed E-state index contributed by atoms with van der Waals surface area (Å²) in [5.74, 6) is -4.47. The van der Waals surface area contributed by atoms with Gasteiger partial charge in [0.25, 0.3) is 11.5 Å². The van der Waals surface area contributed by atoms with E-state index in [1.807, 2.05) is 31.2 Å². The molecule has 6 heterocycles. The fourth-order valence-electron chi connectivity index (χ4n) is 11.2. The zero-order valence-corrected chi connectivity index (χ0v) is 54.7. The summed E-state index contributed by atoms with van der Waals surface area (Å²) in [7, 11) is -4.95. The van der Waals surface area contributed by atoms with Crippen molar-refractivity contribution in [1.29, 1.82) is 0 Å². The van der Waals surface area contributed by atoms with E-state index in [4.69, 9.17) is 9.47 Å². The smallest absolute Gasteiger partial charge is 0.433 e. The van der Waals surface area contributed by atoms with E-state index in [1.165, 1.54) is 31.8 Å². The number of nitrogens with zero attached hydrogens (tertiary/aromatic N) is 5. The topological polar surface area (TPSA) is 278 Å². The summed E-state index contributed by atoms with van der Waals surface area (Å²) in [6.45, 7) is 10.5. The molecule has 0 bridgehead atoms. The van der Waals surface area contributed by atoms with Crippen LogP contribution in [0, 0.1) is 24.0 Å². The van der Waals surface area contributed by atoms with E-state index in [1.54, 1.807) is 65.6 Å². The minimum atomic E-state index is -3.70. The number of sulfone groups is 1. The van der Waals surface area contributed by atoms with Gasteiger partial charge in [0.05, 0.1) is 51.6 Å². The first-order valence-electron chi connectivity index (χ1n) is 29.4. The van der Waals surface area contributed by atoms with Crippen molar-refractivity contribution in [2.24, 2.45) is 12.5 Å². The Morgan fingerprint density at radius 1 is 0.899 bits per heavy atom. The molecule has 480 valence electrons. The largest absolute Gasteiger partial charge is 0.508 e. The molecule has 0 aliphatic carbocycles. The Bertz CT molecular complexity index is 3920. The van der Waals surface area contributed by atoms with Gasteiger partial charge in [0, 0.05) is 86.0 Å². The SMILES string of the molecule is Cc1ncsc1-c1ccc(CNC(=O)C2CC(OC(=O)OCC(C)(C)SS(C)(=O)=O)CN2C(=O)C(NC(=O)CCCCCCCCCCNC(=O)c2cc3c(cc2CS(C)(=O)=O)-c2cn(C)c(=O)c4[nH]cc(c24)CN3c2ncc(F)cc2F)C(C)(C)C)cc1. The molecule has 0 radical (unpaired) electrons. The van der Waals surface area contributed by atoms with Crippen LogP contribution in [0.25, 0.3) is 32.5 Å². The number of fused-ring (bicyclic) bond motifs is 2. The van der Waals surface area contributed by atoms with Crippen molar-refractivity contribution in [1.82, 2.24) is 40.4 Å². The Morgan fingerprint density at radius 2 is 1.58 bits per heavy atom. The molecule has 21 nitrogen and oxygen atoms in total. The molecule has 27 heteroatoms. The number of halogens is 2. The van der Waals surface area contributed by atoms with Gasteiger partial charge in [-0.1, -0.05) is 83.6 Å². The highest BCUT2D eigenvalue weighted by molar-refractivity contribution is 8.72. The molecule has 0 spiro atoms. The van der Waals surface area contributed by atoms with E-state index in [0.29, 0.717) is 57.5 Å². The van der Waals surface area contributed by atoms with Gasteiger partial charge in [0.15, 0.2) is 30.3 Å². The van der Waals surface area contributed by atoms with Crippen LogP contribution in [0.4, 0.5) is 25.1 Å². The van der Waals surface area contributed by atoms with E-state index >= 15 is 4.39 Å². The molecule has 2 aromatic carbocycles. The van der Waals surface area contributed by atoms with Gasteiger partial charge in [0.1, 0.15) is 36.1 Å². The Kier molecular flexibility index (Phi) is 21.5. The van der Waals surface area contributed by atoms with Gasteiger partial charge in [0.2, 0.25) is 17.7 Å². The summed E-state index contributed by atoms with van der Waals surface area (Å²) < 4.78 is 90.7. The summed E-state index contributed by atoms with van der Waals surface area (Å²) in [6, 6.07) is 9.32. The summed E-state index contributed by atoms with van der Waals surface area (Å²) >= 11 is 1.53. The maximum Gasteiger partial charge on any atom is 0.508 e. The number of carbonyl (C=O) groups excluding carboxylic acids is 5. The lowest BCUT2D eigenvalue weighted by Crippen LogP contribution is -2.57. The first kappa shape index (κ1) is 67.7. The van der Waals surface area contributed by atoms with Gasteiger partial charge in [-0.05, 0) is 84.2 Å². The second kappa shape index (κ2) is 28.3. The number of aryl methyl sites for hydroxylation is 2. The molecule has 3 atom stereocenters. The number of hydrogen-bond donors (Lipinski definition) is 4. The first-order chi connectivity index (χ1) is 41.9. The van der Waals surface area contributed by atoms with Crippen LogP contribution in [0.5, 0.6) is 0 Å². The van der Waals surface area contributed by atoms with Crippen molar-refractivity contribution in [2.45, 2.75) is 148 Å². The standard InChI is InChI=1S/C62H77F2N9O12S4/c1-37-53(86-36-69-37)39-21-19-38(20-22-39)28-68-57(76)49-26-43(85-60(79)84-35-62(5,6)87-89(9,82)83)32-73(49)59(78)54(61(2,3)4)70-50(74)18-16-14-12-10-11-13-15-17-23-65-56(75)44-27-48-45(24-40(44)34-88(8,80)81)46-33-71(7)58(77)52-51(46)41(29-66-52)31-72(48)55-47(64)25-42(63)30-67-55/h19-22,24-25,27,29-30,33,36,43,49,54,66H,10-18,23,26,28,31-32,34-35H2,1-9H3,(H,65,75)(H,68,76)(H,70,74). The van der Waals surface area contributed by atoms with E-state index < -0.39 is 88.3 Å². The van der Waals surface area contributed by atoms with Crippen LogP contribution < -0.4 is 26.4 Å². The van der Waals surface area contributed by atoms with Crippen LogP contribution in [-0.2, 0) is 68.5 Å². The van der Waals surface area contributed by atoms with Crippen molar-refractivity contribution in [3.8, 4) is 21.6 Å². The molecule has 2 aliphatic rings. The summed E-state index contributed by atoms with van der Waals surface area (Å²) in [4.78, 5) is 97.8. The molecule has 4 aromatic heterocycles. The maximum atomic E-state index is 15.6. The number of anilines is 2. The predicted octanol–water partition coefficient (Wildman–Crippen LogP) is 9.52. The van der Waals surface area contributed by atoms with Gasteiger partial charge < -0.3 is 44.8 Å². The molecule has 8 rings (SSSR count). The van der Waals surface area contributed by atoms with Crippen LogP contribution in [0.3, 0.4) is 0 Å². The van der Waals surface area contributed by atoms with Gasteiger partial charge in [-0.2, -0.15) is 0 Å². The number of carbonyl (C=O) groups is 5. The highest BCUT2D eigenvalue weighted by Gasteiger charge is 2.46. The molecule has 1 fully saturated rings. The number of aromatic amines is 1. The summed E-state index contributed by atoms with van der Waals surface area (Å²) in [5.41, 5.74) is 5.74. The predicted molar refractivity (Wildman–Crippen MR) is 340 cm³/mol. The minimum Gasteiger partial charge on any atom is -0.433 e. The zero-order chi connectivity index (χ0) is 64.8. The lowest BCUT2D eigenvalue weighted by molar-refractivity contribution is -0.144. The Hall–Kier alpha value is -7.23. The fourth-order valence-corrected chi connectivity index (χ4v) is 16.3.